The summed E-state index contributed by atoms with van der Waals surface area (Å²) in [5.41, 5.74) is 1.17. The van der Waals surface area contributed by atoms with Crippen molar-refractivity contribution in [1.82, 2.24) is 0 Å². The molecule has 0 aliphatic heterocycles. The predicted octanol–water partition coefficient (Wildman–Crippen LogP) is 2.74. The second-order valence-corrected chi connectivity index (χ2v) is 4.67. The zero-order chi connectivity index (χ0) is 11.5. The highest BCUT2D eigenvalue weighted by Gasteiger charge is 2.22. The van der Waals surface area contributed by atoms with Crippen LogP contribution in [0, 0.1) is 0 Å². The van der Waals surface area contributed by atoms with Gasteiger partial charge in [-0.3, -0.25) is 0 Å². The monoisotopic (exact) mass is 208 g/mol. The fourth-order valence-electron chi connectivity index (χ4n) is 1.90. The molecule has 0 heterocycles. The Balaban J connectivity index is 2.93. The molecule has 0 radical (unpaired) electrons. The summed E-state index contributed by atoms with van der Waals surface area (Å²) >= 11 is 0. The molecule has 2 nitrogen and oxygen atoms in total. The van der Waals surface area contributed by atoms with E-state index in [-0.39, 0.29) is 11.5 Å². The number of rotatable bonds is 4. The Morgan fingerprint density at radius 3 is 2.60 bits per heavy atom. The van der Waals surface area contributed by atoms with Crippen molar-refractivity contribution in [2.24, 2.45) is 0 Å². The van der Waals surface area contributed by atoms with Crippen LogP contribution in [0.3, 0.4) is 0 Å². The highest BCUT2D eigenvalue weighted by Crippen LogP contribution is 2.30. The van der Waals surface area contributed by atoms with Gasteiger partial charge in [0.15, 0.2) is 0 Å². The van der Waals surface area contributed by atoms with Crippen molar-refractivity contribution < 1.29 is 9.84 Å². The van der Waals surface area contributed by atoms with Crippen molar-refractivity contribution in [3.8, 4) is 5.75 Å². The van der Waals surface area contributed by atoms with E-state index >= 15 is 0 Å². The van der Waals surface area contributed by atoms with Gasteiger partial charge in [-0.25, -0.2) is 0 Å². The van der Waals surface area contributed by atoms with Gasteiger partial charge in [0, 0.05) is 0 Å². The molecule has 0 aliphatic carbocycles. The largest absolute Gasteiger partial charge is 0.497 e. The molecule has 84 valence electrons. The zero-order valence-electron chi connectivity index (χ0n) is 9.95. The molecular formula is C13H20O2. The fourth-order valence-corrected chi connectivity index (χ4v) is 1.90. The smallest absolute Gasteiger partial charge is 0.119 e. The minimum atomic E-state index is -0.286. The van der Waals surface area contributed by atoms with Gasteiger partial charge in [0.25, 0.3) is 0 Å². The van der Waals surface area contributed by atoms with Crippen LogP contribution in [-0.2, 0) is 5.41 Å². The van der Waals surface area contributed by atoms with Crippen LogP contribution in [0.15, 0.2) is 24.3 Å². The first-order chi connectivity index (χ1) is 6.95. The lowest BCUT2D eigenvalue weighted by molar-refractivity contribution is 0.156. The molecule has 0 bridgehead atoms. The SMILES string of the molecule is COc1cccc(C(C)(C)CC(C)O)c1. The van der Waals surface area contributed by atoms with E-state index in [4.69, 9.17) is 4.74 Å². The molecule has 0 saturated heterocycles. The van der Waals surface area contributed by atoms with Gasteiger partial charge in [-0.2, -0.15) is 0 Å². The number of aliphatic hydroxyl groups is 1. The van der Waals surface area contributed by atoms with E-state index in [1.165, 1.54) is 5.56 Å². The Labute approximate surface area is 91.9 Å². The molecule has 1 rings (SSSR count). The maximum atomic E-state index is 9.44. The minimum Gasteiger partial charge on any atom is -0.497 e. The van der Waals surface area contributed by atoms with Crippen molar-refractivity contribution in [2.75, 3.05) is 7.11 Å². The lowest BCUT2D eigenvalue weighted by Crippen LogP contribution is -2.22. The number of aliphatic hydroxyl groups excluding tert-OH is 1. The van der Waals surface area contributed by atoms with Crippen molar-refractivity contribution in [1.29, 1.82) is 0 Å². The van der Waals surface area contributed by atoms with Crippen LogP contribution in [0.5, 0.6) is 5.75 Å². The van der Waals surface area contributed by atoms with Gasteiger partial charge in [-0.1, -0.05) is 26.0 Å². The molecule has 1 N–H and O–H groups in total. The van der Waals surface area contributed by atoms with E-state index in [2.05, 4.69) is 19.9 Å². The topological polar surface area (TPSA) is 29.5 Å². The molecule has 0 aliphatic rings. The molecule has 2 heteroatoms. The van der Waals surface area contributed by atoms with Crippen molar-refractivity contribution >= 4 is 0 Å². The molecule has 0 saturated carbocycles. The Hall–Kier alpha value is -1.02. The van der Waals surface area contributed by atoms with Crippen LogP contribution in [0.1, 0.15) is 32.8 Å². The van der Waals surface area contributed by atoms with E-state index in [0.29, 0.717) is 0 Å². The van der Waals surface area contributed by atoms with Gasteiger partial charge >= 0.3 is 0 Å². The fraction of sp³-hybridized carbons (Fsp3) is 0.538. The van der Waals surface area contributed by atoms with Crippen LogP contribution in [0.4, 0.5) is 0 Å². The van der Waals surface area contributed by atoms with Gasteiger partial charge < -0.3 is 9.84 Å². The minimum absolute atomic E-state index is 0.0251. The van der Waals surface area contributed by atoms with E-state index < -0.39 is 0 Å². The number of hydrogen-bond acceptors (Lipinski definition) is 2. The van der Waals surface area contributed by atoms with Crippen molar-refractivity contribution in [2.45, 2.75) is 38.7 Å². The molecule has 0 fully saturated rings. The normalized spacial score (nSPS) is 13.7. The molecule has 0 spiro atoms. The number of benzene rings is 1. The third kappa shape index (κ3) is 3.24. The molecule has 15 heavy (non-hydrogen) atoms. The summed E-state index contributed by atoms with van der Waals surface area (Å²) in [6.07, 6.45) is 0.464. The van der Waals surface area contributed by atoms with Crippen LogP contribution < -0.4 is 4.74 Å². The second-order valence-electron chi connectivity index (χ2n) is 4.67. The average Bonchev–Trinajstić information content (AvgIpc) is 2.16. The number of ether oxygens (including phenoxy) is 1. The molecule has 0 amide bonds. The van der Waals surface area contributed by atoms with Gasteiger partial charge in [0.1, 0.15) is 5.75 Å². The Bertz CT molecular complexity index is 316. The Morgan fingerprint density at radius 1 is 1.40 bits per heavy atom. The maximum Gasteiger partial charge on any atom is 0.119 e. The van der Waals surface area contributed by atoms with Gasteiger partial charge in [-0.15, -0.1) is 0 Å². The Kier molecular flexibility index (Phi) is 3.75. The van der Waals surface area contributed by atoms with Crippen LogP contribution in [0.2, 0.25) is 0 Å². The van der Waals surface area contributed by atoms with Crippen LogP contribution >= 0.6 is 0 Å². The van der Waals surface area contributed by atoms with Gasteiger partial charge in [0.2, 0.25) is 0 Å². The lowest BCUT2D eigenvalue weighted by Gasteiger charge is -2.27. The third-order valence-electron chi connectivity index (χ3n) is 2.66. The Morgan fingerprint density at radius 2 is 2.07 bits per heavy atom. The average molecular weight is 208 g/mol. The summed E-state index contributed by atoms with van der Waals surface area (Å²) in [5, 5.41) is 9.44. The van der Waals surface area contributed by atoms with Crippen molar-refractivity contribution in [3.63, 3.8) is 0 Å². The highest BCUT2D eigenvalue weighted by molar-refractivity contribution is 5.33. The third-order valence-corrected chi connectivity index (χ3v) is 2.66. The number of methoxy groups -OCH3 is 1. The van der Waals surface area contributed by atoms with Crippen LogP contribution in [-0.4, -0.2) is 18.3 Å². The first-order valence-corrected chi connectivity index (χ1v) is 5.28. The zero-order valence-corrected chi connectivity index (χ0v) is 9.95. The molecular weight excluding hydrogens is 188 g/mol. The van der Waals surface area contributed by atoms with Gasteiger partial charge in [-0.05, 0) is 36.5 Å². The van der Waals surface area contributed by atoms with Gasteiger partial charge in [0.05, 0.1) is 13.2 Å². The van der Waals surface area contributed by atoms with Crippen LogP contribution in [0.25, 0.3) is 0 Å². The van der Waals surface area contributed by atoms with Crippen molar-refractivity contribution in [3.05, 3.63) is 29.8 Å². The first-order valence-electron chi connectivity index (χ1n) is 5.28. The van der Waals surface area contributed by atoms with E-state index in [1.807, 2.05) is 25.1 Å². The maximum absolute atomic E-state index is 9.44. The molecule has 1 unspecified atom stereocenters. The summed E-state index contributed by atoms with van der Waals surface area (Å²) in [6, 6.07) is 8.02. The molecule has 0 aromatic heterocycles. The molecule has 1 aromatic carbocycles. The van der Waals surface area contributed by atoms with E-state index in [0.717, 1.165) is 12.2 Å². The quantitative estimate of drug-likeness (QED) is 0.824. The molecule has 1 atom stereocenters. The summed E-state index contributed by atoms with van der Waals surface area (Å²) in [5.74, 6) is 0.867. The van der Waals surface area contributed by atoms with E-state index in [1.54, 1.807) is 7.11 Å². The summed E-state index contributed by atoms with van der Waals surface area (Å²) in [4.78, 5) is 0. The highest BCUT2D eigenvalue weighted by atomic mass is 16.5. The molecule has 1 aromatic rings. The van der Waals surface area contributed by atoms with E-state index in [9.17, 15) is 5.11 Å². The number of hydrogen-bond donors (Lipinski definition) is 1. The summed E-state index contributed by atoms with van der Waals surface area (Å²) < 4.78 is 5.19. The predicted molar refractivity (Wildman–Crippen MR) is 62.3 cm³/mol. The lowest BCUT2D eigenvalue weighted by atomic mass is 9.80. The standard InChI is InChI=1S/C13H20O2/c1-10(14)9-13(2,3)11-6-5-7-12(8-11)15-4/h5-8,10,14H,9H2,1-4H3. The second kappa shape index (κ2) is 4.67. The summed E-state index contributed by atoms with van der Waals surface area (Å²) in [6.45, 7) is 6.09. The summed E-state index contributed by atoms with van der Waals surface area (Å²) in [7, 11) is 1.67. The first kappa shape index (κ1) is 12.1.